The van der Waals surface area contributed by atoms with Crippen molar-refractivity contribution < 1.29 is 17.9 Å². The number of nitrogen functional groups attached to an aromatic ring is 1. The number of rotatable bonds is 4. The van der Waals surface area contributed by atoms with Gasteiger partial charge in [0, 0.05) is 18.0 Å². The molecule has 0 saturated heterocycles. The fourth-order valence-electron chi connectivity index (χ4n) is 1.71. The van der Waals surface area contributed by atoms with Crippen LogP contribution in [0.2, 0.25) is 0 Å². The van der Waals surface area contributed by atoms with Crippen LogP contribution in [0.4, 0.5) is 5.69 Å². The zero-order chi connectivity index (χ0) is 16.5. The van der Waals surface area contributed by atoms with E-state index in [1.807, 2.05) is 0 Å². The summed E-state index contributed by atoms with van der Waals surface area (Å²) in [5, 5.41) is 3.43. The van der Waals surface area contributed by atoms with Crippen molar-refractivity contribution in [3.05, 3.63) is 30.2 Å². The first kappa shape index (κ1) is 16.0. The molecule has 0 aromatic carbocycles. The van der Waals surface area contributed by atoms with Gasteiger partial charge >= 0.3 is 5.97 Å². The third kappa shape index (κ3) is 2.80. The summed E-state index contributed by atoms with van der Waals surface area (Å²) in [6.07, 6.45) is 2.74. The first-order valence-electron chi connectivity index (χ1n) is 6.41. The number of hydrogen-bond donors (Lipinski definition) is 1. The maximum Gasteiger partial charge on any atom is 0.358 e. The Labute approximate surface area is 128 Å². The molecule has 22 heavy (non-hydrogen) atoms. The predicted octanol–water partition coefficient (Wildman–Crippen LogP) is 0.900. The van der Waals surface area contributed by atoms with Crippen LogP contribution in [0.3, 0.4) is 0 Å². The van der Waals surface area contributed by atoms with Crippen molar-refractivity contribution in [2.45, 2.75) is 19.1 Å². The first-order chi connectivity index (χ1) is 10.3. The molecule has 0 atom stereocenters. The molecule has 0 spiro atoms. The molecule has 118 valence electrons. The van der Waals surface area contributed by atoms with Crippen molar-refractivity contribution in [2.24, 2.45) is 0 Å². The van der Waals surface area contributed by atoms with Crippen LogP contribution in [-0.4, -0.2) is 40.9 Å². The minimum absolute atomic E-state index is 0.000449. The van der Waals surface area contributed by atoms with Gasteiger partial charge in [0.25, 0.3) is 10.0 Å². The lowest BCUT2D eigenvalue weighted by atomic mass is 10.2. The van der Waals surface area contributed by atoms with E-state index in [0.29, 0.717) is 11.3 Å². The van der Waals surface area contributed by atoms with E-state index in [2.05, 4.69) is 14.8 Å². The molecular weight excluding hydrogens is 308 g/mol. The van der Waals surface area contributed by atoms with Crippen molar-refractivity contribution in [3.8, 4) is 11.3 Å². The van der Waals surface area contributed by atoms with Crippen LogP contribution in [0, 0.1) is 0 Å². The Morgan fingerprint density at radius 1 is 1.41 bits per heavy atom. The average Bonchev–Trinajstić information content (AvgIpc) is 2.96. The summed E-state index contributed by atoms with van der Waals surface area (Å²) in [6.45, 7) is 3.14. The van der Waals surface area contributed by atoms with Crippen molar-refractivity contribution in [1.82, 2.24) is 14.2 Å². The van der Waals surface area contributed by atoms with E-state index < -0.39 is 21.2 Å². The Kier molecular flexibility index (Phi) is 4.18. The molecule has 9 heteroatoms. The van der Waals surface area contributed by atoms with Crippen molar-refractivity contribution in [3.63, 3.8) is 0 Å². The Morgan fingerprint density at radius 2 is 2.09 bits per heavy atom. The van der Waals surface area contributed by atoms with Gasteiger partial charge in [-0.25, -0.2) is 18.2 Å². The van der Waals surface area contributed by atoms with E-state index in [1.165, 1.54) is 31.6 Å². The van der Waals surface area contributed by atoms with Gasteiger partial charge in [0.1, 0.15) is 0 Å². The monoisotopic (exact) mass is 324 g/mol. The topological polar surface area (TPSA) is 117 Å². The quantitative estimate of drug-likeness (QED) is 0.830. The van der Waals surface area contributed by atoms with Gasteiger partial charge in [-0.1, -0.05) is 0 Å². The Morgan fingerprint density at radius 3 is 2.64 bits per heavy atom. The highest BCUT2D eigenvalue weighted by Crippen LogP contribution is 2.22. The fraction of sp³-hybridized carbons (Fsp3) is 0.308. The first-order valence-corrected chi connectivity index (χ1v) is 7.92. The number of anilines is 1. The molecule has 0 aliphatic carbocycles. The minimum atomic E-state index is -3.52. The van der Waals surface area contributed by atoms with E-state index >= 15 is 0 Å². The van der Waals surface area contributed by atoms with Gasteiger partial charge < -0.3 is 10.5 Å². The molecule has 2 aromatic heterocycles. The largest absolute Gasteiger partial charge is 0.464 e. The number of carbonyl (C=O) groups excluding carboxylic acids is 1. The van der Waals surface area contributed by atoms with Gasteiger partial charge in [-0.2, -0.15) is 9.19 Å². The third-order valence-electron chi connectivity index (χ3n) is 3.01. The highest BCUT2D eigenvalue weighted by atomic mass is 32.2. The number of nitrogens with zero attached hydrogens (tertiary/aromatic N) is 3. The predicted molar refractivity (Wildman–Crippen MR) is 80.7 cm³/mol. The van der Waals surface area contributed by atoms with E-state index in [4.69, 9.17) is 5.73 Å². The Hall–Kier alpha value is -2.42. The van der Waals surface area contributed by atoms with Gasteiger partial charge in [0.2, 0.25) is 0 Å². The van der Waals surface area contributed by atoms with Crippen LogP contribution < -0.4 is 5.73 Å². The smallest absolute Gasteiger partial charge is 0.358 e. The lowest BCUT2D eigenvalue weighted by Gasteiger charge is -2.07. The number of ether oxygens (including phenoxy) is 1. The fourth-order valence-corrected chi connectivity index (χ4v) is 2.57. The molecule has 2 aromatic rings. The highest BCUT2D eigenvalue weighted by Gasteiger charge is 2.20. The molecule has 0 aliphatic rings. The van der Waals surface area contributed by atoms with E-state index in [-0.39, 0.29) is 11.4 Å². The number of methoxy groups -OCH3 is 1. The number of esters is 1. The Balaban J connectivity index is 2.41. The molecular formula is C13H16N4O4S. The maximum atomic E-state index is 12.0. The normalized spacial score (nSPS) is 11.6. The molecule has 8 nitrogen and oxygen atoms in total. The average molecular weight is 324 g/mol. The number of pyridine rings is 1. The lowest BCUT2D eigenvalue weighted by Crippen LogP contribution is -2.22. The summed E-state index contributed by atoms with van der Waals surface area (Å²) in [4.78, 5) is 15.4. The molecule has 0 bridgehead atoms. The number of carbonyl (C=O) groups is 1. The van der Waals surface area contributed by atoms with Crippen molar-refractivity contribution in [2.75, 3.05) is 12.8 Å². The van der Waals surface area contributed by atoms with Gasteiger partial charge in [-0.3, -0.25) is 0 Å². The number of nitrogens with two attached hydrogens (primary N) is 1. The zero-order valence-corrected chi connectivity index (χ0v) is 13.2. The molecule has 0 saturated carbocycles. The van der Waals surface area contributed by atoms with Crippen molar-refractivity contribution >= 4 is 21.7 Å². The summed E-state index contributed by atoms with van der Waals surface area (Å²) < 4.78 is 29.5. The molecule has 0 radical (unpaired) electrons. The van der Waals surface area contributed by atoms with Gasteiger partial charge in [-0.05, 0) is 26.0 Å². The molecule has 2 heterocycles. The number of hydrogen-bond acceptors (Lipinski definition) is 7. The standard InChI is InChI=1S/C13H16N4O4S/c1-8(2)22(19,20)17-5-4-11(16-17)9-6-10(14)12(15-7-9)13(18)21-3/h4-8H,14H2,1-3H3. The van der Waals surface area contributed by atoms with E-state index in [0.717, 1.165) is 4.09 Å². The lowest BCUT2D eigenvalue weighted by molar-refractivity contribution is 0.0595. The molecule has 0 aliphatic heterocycles. The van der Waals surface area contributed by atoms with Crippen LogP contribution in [0.1, 0.15) is 24.3 Å². The molecule has 0 amide bonds. The number of aromatic nitrogens is 3. The van der Waals surface area contributed by atoms with Gasteiger partial charge in [-0.15, -0.1) is 0 Å². The summed E-state index contributed by atoms with van der Waals surface area (Å²) in [6, 6.07) is 3.03. The van der Waals surface area contributed by atoms with Crippen LogP contribution in [-0.2, 0) is 14.8 Å². The SMILES string of the molecule is COC(=O)c1ncc(-c2ccn(S(=O)(=O)C(C)C)n2)cc1N. The second kappa shape index (κ2) is 5.76. The second-order valence-corrected chi connectivity index (χ2v) is 7.17. The van der Waals surface area contributed by atoms with Crippen LogP contribution in [0.15, 0.2) is 24.5 Å². The molecule has 2 N–H and O–H groups in total. The maximum absolute atomic E-state index is 12.0. The second-order valence-electron chi connectivity index (χ2n) is 4.82. The third-order valence-corrected chi connectivity index (χ3v) is 4.93. The van der Waals surface area contributed by atoms with Crippen LogP contribution in [0.5, 0.6) is 0 Å². The zero-order valence-electron chi connectivity index (χ0n) is 12.3. The van der Waals surface area contributed by atoms with Crippen molar-refractivity contribution in [1.29, 1.82) is 0 Å². The van der Waals surface area contributed by atoms with Crippen LogP contribution in [0.25, 0.3) is 11.3 Å². The van der Waals surface area contributed by atoms with E-state index in [9.17, 15) is 13.2 Å². The summed E-state index contributed by atoms with van der Waals surface area (Å²) in [5.41, 5.74) is 6.78. The molecule has 0 fully saturated rings. The Bertz CT molecular complexity index is 811. The van der Waals surface area contributed by atoms with Crippen LogP contribution >= 0.6 is 0 Å². The van der Waals surface area contributed by atoms with E-state index in [1.54, 1.807) is 13.8 Å². The highest BCUT2D eigenvalue weighted by molar-refractivity contribution is 7.90. The molecule has 0 unspecified atom stereocenters. The molecule has 2 rings (SSSR count). The summed E-state index contributed by atoms with van der Waals surface area (Å²) in [5.74, 6) is -0.642. The summed E-state index contributed by atoms with van der Waals surface area (Å²) >= 11 is 0. The summed E-state index contributed by atoms with van der Waals surface area (Å²) in [7, 11) is -2.29. The van der Waals surface area contributed by atoms with Gasteiger partial charge in [0.05, 0.1) is 23.7 Å². The van der Waals surface area contributed by atoms with Gasteiger partial charge in [0.15, 0.2) is 5.69 Å². The minimum Gasteiger partial charge on any atom is -0.464 e.